The molecular formula is C10H14FN. The number of rotatable bonds is 4. The number of aryl methyl sites for hydroxylation is 1. The Kier molecular flexibility index (Phi) is 3.58. The Balaban J connectivity index is 2.68. The van der Waals surface area contributed by atoms with Crippen molar-refractivity contribution in [1.29, 1.82) is 0 Å². The van der Waals surface area contributed by atoms with Gasteiger partial charge in [0.2, 0.25) is 0 Å². The third-order valence-corrected chi connectivity index (χ3v) is 1.81. The minimum absolute atomic E-state index is 0.321. The first-order valence-electron chi connectivity index (χ1n) is 4.26. The fraction of sp³-hybridized carbons (Fsp3) is 0.400. The lowest BCUT2D eigenvalue weighted by Crippen LogP contribution is -2.04. The molecule has 0 saturated heterocycles. The first kappa shape index (κ1) is 9.04. The quantitative estimate of drug-likeness (QED) is 0.726. The van der Waals surface area contributed by atoms with Crippen LogP contribution in [0, 0.1) is 0 Å². The summed E-state index contributed by atoms with van der Waals surface area (Å²) >= 11 is 0. The average Bonchev–Trinajstić information content (AvgIpc) is 2.15. The van der Waals surface area contributed by atoms with E-state index in [4.69, 9.17) is 0 Å². The summed E-state index contributed by atoms with van der Waals surface area (Å²) in [5.74, 6) is 0. The molecular weight excluding hydrogens is 153 g/mol. The van der Waals surface area contributed by atoms with E-state index in [2.05, 4.69) is 18.3 Å². The Morgan fingerprint density at radius 3 is 2.75 bits per heavy atom. The van der Waals surface area contributed by atoms with Gasteiger partial charge in [0, 0.05) is 12.2 Å². The van der Waals surface area contributed by atoms with E-state index in [1.807, 2.05) is 18.2 Å². The van der Waals surface area contributed by atoms with Crippen LogP contribution in [0.4, 0.5) is 10.1 Å². The van der Waals surface area contributed by atoms with Gasteiger partial charge < -0.3 is 5.32 Å². The van der Waals surface area contributed by atoms with Crippen LogP contribution < -0.4 is 5.32 Å². The predicted octanol–water partition coefficient (Wildman–Crippen LogP) is 2.63. The zero-order valence-electron chi connectivity index (χ0n) is 7.31. The second-order valence-corrected chi connectivity index (χ2v) is 2.63. The summed E-state index contributed by atoms with van der Waals surface area (Å²) in [7, 11) is 0. The Labute approximate surface area is 72.6 Å². The molecule has 1 rings (SSSR count). The lowest BCUT2D eigenvalue weighted by molar-refractivity contribution is 0.512. The molecule has 0 fully saturated rings. The summed E-state index contributed by atoms with van der Waals surface area (Å²) in [5, 5.41) is 3.04. The van der Waals surface area contributed by atoms with Gasteiger partial charge in [0.25, 0.3) is 0 Å². The van der Waals surface area contributed by atoms with Gasteiger partial charge in [0.15, 0.2) is 0 Å². The molecule has 0 aliphatic carbocycles. The number of halogens is 1. The van der Waals surface area contributed by atoms with E-state index < -0.39 is 0 Å². The summed E-state index contributed by atoms with van der Waals surface area (Å²) in [6.07, 6.45) is 0.982. The van der Waals surface area contributed by atoms with E-state index in [9.17, 15) is 4.39 Å². The first-order chi connectivity index (χ1) is 5.88. The highest BCUT2D eigenvalue weighted by atomic mass is 19.1. The summed E-state index contributed by atoms with van der Waals surface area (Å²) in [6, 6.07) is 7.99. The molecule has 0 aromatic heterocycles. The fourth-order valence-corrected chi connectivity index (χ4v) is 1.18. The largest absolute Gasteiger partial charge is 0.382 e. The number of alkyl halides is 1. The van der Waals surface area contributed by atoms with Gasteiger partial charge in [0.1, 0.15) is 6.67 Å². The third kappa shape index (κ3) is 2.22. The minimum atomic E-state index is -0.321. The monoisotopic (exact) mass is 167 g/mol. The lowest BCUT2D eigenvalue weighted by Gasteiger charge is -2.08. The highest BCUT2D eigenvalue weighted by Gasteiger charge is 1.96. The van der Waals surface area contributed by atoms with Crippen LogP contribution in [0.15, 0.2) is 24.3 Å². The molecule has 0 spiro atoms. The van der Waals surface area contributed by atoms with E-state index in [1.165, 1.54) is 5.56 Å². The van der Waals surface area contributed by atoms with Gasteiger partial charge in [-0.25, -0.2) is 4.39 Å². The molecule has 0 heterocycles. The molecule has 12 heavy (non-hydrogen) atoms. The van der Waals surface area contributed by atoms with Crippen molar-refractivity contribution in [2.24, 2.45) is 0 Å². The SMILES string of the molecule is CCc1ccccc1NCCF. The van der Waals surface area contributed by atoms with Crippen molar-refractivity contribution in [2.45, 2.75) is 13.3 Å². The maximum atomic E-state index is 11.9. The van der Waals surface area contributed by atoms with Crippen LogP contribution in [-0.2, 0) is 6.42 Å². The lowest BCUT2D eigenvalue weighted by atomic mass is 10.1. The molecule has 0 bridgehead atoms. The van der Waals surface area contributed by atoms with Crippen molar-refractivity contribution in [3.8, 4) is 0 Å². The number of para-hydroxylation sites is 1. The molecule has 0 aliphatic rings. The smallest absolute Gasteiger partial charge is 0.107 e. The molecule has 0 radical (unpaired) electrons. The van der Waals surface area contributed by atoms with Gasteiger partial charge in [0.05, 0.1) is 0 Å². The van der Waals surface area contributed by atoms with Crippen molar-refractivity contribution in [3.63, 3.8) is 0 Å². The Morgan fingerprint density at radius 1 is 1.33 bits per heavy atom. The highest BCUT2D eigenvalue weighted by Crippen LogP contribution is 2.14. The third-order valence-electron chi connectivity index (χ3n) is 1.81. The predicted molar refractivity (Wildman–Crippen MR) is 50.3 cm³/mol. The second kappa shape index (κ2) is 4.75. The molecule has 0 aliphatic heterocycles. The second-order valence-electron chi connectivity index (χ2n) is 2.63. The van der Waals surface area contributed by atoms with E-state index >= 15 is 0 Å². The van der Waals surface area contributed by atoms with Crippen molar-refractivity contribution in [2.75, 3.05) is 18.5 Å². The molecule has 1 aromatic rings. The van der Waals surface area contributed by atoms with E-state index in [0.29, 0.717) is 6.54 Å². The van der Waals surface area contributed by atoms with Gasteiger partial charge >= 0.3 is 0 Å². The zero-order valence-corrected chi connectivity index (χ0v) is 7.31. The molecule has 0 atom stereocenters. The van der Waals surface area contributed by atoms with Crippen LogP contribution in [0.1, 0.15) is 12.5 Å². The van der Waals surface area contributed by atoms with Gasteiger partial charge in [-0.15, -0.1) is 0 Å². The number of nitrogens with one attached hydrogen (secondary N) is 1. The molecule has 66 valence electrons. The molecule has 0 amide bonds. The number of hydrogen-bond donors (Lipinski definition) is 1. The van der Waals surface area contributed by atoms with Crippen molar-refractivity contribution in [3.05, 3.63) is 29.8 Å². The van der Waals surface area contributed by atoms with E-state index in [0.717, 1.165) is 12.1 Å². The first-order valence-corrected chi connectivity index (χ1v) is 4.26. The number of benzene rings is 1. The fourth-order valence-electron chi connectivity index (χ4n) is 1.18. The summed E-state index contributed by atoms with van der Waals surface area (Å²) in [6.45, 7) is 2.17. The van der Waals surface area contributed by atoms with Gasteiger partial charge in [-0.1, -0.05) is 25.1 Å². The molecule has 0 saturated carbocycles. The molecule has 1 N–H and O–H groups in total. The number of hydrogen-bond acceptors (Lipinski definition) is 1. The van der Waals surface area contributed by atoms with Gasteiger partial charge in [-0.3, -0.25) is 0 Å². The Hall–Kier alpha value is -1.05. The van der Waals surface area contributed by atoms with Gasteiger partial charge in [-0.2, -0.15) is 0 Å². The minimum Gasteiger partial charge on any atom is -0.382 e. The highest BCUT2D eigenvalue weighted by molar-refractivity contribution is 5.50. The molecule has 2 heteroatoms. The van der Waals surface area contributed by atoms with Gasteiger partial charge in [-0.05, 0) is 18.1 Å². The van der Waals surface area contributed by atoms with Crippen LogP contribution in [0.25, 0.3) is 0 Å². The topological polar surface area (TPSA) is 12.0 Å². The van der Waals surface area contributed by atoms with Crippen LogP contribution in [0.3, 0.4) is 0 Å². The summed E-state index contributed by atoms with van der Waals surface area (Å²) in [4.78, 5) is 0. The standard InChI is InChI=1S/C10H14FN/c1-2-9-5-3-4-6-10(9)12-8-7-11/h3-6,12H,2,7-8H2,1H3. The van der Waals surface area contributed by atoms with E-state index in [-0.39, 0.29) is 6.67 Å². The maximum Gasteiger partial charge on any atom is 0.107 e. The van der Waals surface area contributed by atoms with Crippen LogP contribution in [0.2, 0.25) is 0 Å². The summed E-state index contributed by atoms with van der Waals surface area (Å²) < 4.78 is 11.9. The van der Waals surface area contributed by atoms with Crippen molar-refractivity contribution in [1.82, 2.24) is 0 Å². The Bertz CT molecular complexity index is 235. The molecule has 1 aromatic carbocycles. The average molecular weight is 167 g/mol. The maximum absolute atomic E-state index is 11.9. The summed E-state index contributed by atoms with van der Waals surface area (Å²) in [5.41, 5.74) is 2.30. The van der Waals surface area contributed by atoms with Crippen molar-refractivity contribution >= 4 is 5.69 Å². The normalized spacial score (nSPS) is 9.83. The van der Waals surface area contributed by atoms with Crippen LogP contribution in [0.5, 0.6) is 0 Å². The van der Waals surface area contributed by atoms with E-state index in [1.54, 1.807) is 0 Å². The molecule has 1 nitrogen and oxygen atoms in total. The Morgan fingerprint density at radius 2 is 2.08 bits per heavy atom. The molecule has 0 unspecified atom stereocenters. The zero-order chi connectivity index (χ0) is 8.81. The van der Waals surface area contributed by atoms with Crippen molar-refractivity contribution < 1.29 is 4.39 Å². The van der Waals surface area contributed by atoms with Crippen LogP contribution >= 0.6 is 0 Å². The number of anilines is 1. The van der Waals surface area contributed by atoms with Crippen LogP contribution in [-0.4, -0.2) is 13.2 Å².